The first-order valence-corrected chi connectivity index (χ1v) is 6.63. The fraction of sp³-hybridized carbons (Fsp3) is 0.600. The van der Waals surface area contributed by atoms with Crippen LogP contribution in [0, 0.1) is 6.92 Å². The van der Waals surface area contributed by atoms with Gasteiger partial charge in [0.25, 0.3) is 0 Å². The lowest BCUT2D eigenvalue weighted by atomic mass is 10.2. The van der Waals surface area contributed by atoms with Gasteiger partial charge in [-0.25, -0.2) is 0 Å². The molecule has 2 N–H and O–H groups in total. The van der Waals surface area contributed by atoms with Gasteiger partial charge in [0.1, 0.15) is 0 Å². The number of hydrogen-bond acceptors (Lipinski definition) is 2. The molecule has 0 aliphatic carbocycles. The standard InChI is InChI=1S/C11H17N.C4H11N/c1-4-8-12(3)11-7-5-6-10(2)9-11;1-2-3-4-5/h5-7,9H,4,8H2,1-3H3;2-5H2,1H3. The molecule has 0 saturated heterocycles. The zero-order valence-electron chi connectivity index (χ0n) is 11.9. The SMILES string of the molecule is CCCCN.CCCN(C)c1cccc(C)c1. The van der Waals surface area contributed by atoms with Crippen molar-refractivity contribution in [2.24, 2.45) is 5.73 Å². The molecule has 0 bridgehead atoms. The second kappa shape index (κ2) is 10.2. The van der Waals surface area contributed by atoms with E-state index in [-0.39, 0.29) is 0 Å². The summed E-state index contributed by atoms with van der Waals surface area (Å²) in [6, 6.07) is 8.61. The van der Waals surface area contributed by atoms with Gasteiger partial charge in [0.15, 0.2) is 0 Å². The maximum absolute atomic E-state index is 5.14. The normalized spacial score (nSPS) is 9.47. The van der Waals surface area contributed by atoms with E-state index in [0.717, 1.165) is 13.1 Å². The van der Waals surface area contributed by atoms with Crippen molar-refractivity contribution in [3.05, 3.63) is 29.8 Å². The first-order valence-electron chi connectivity index (χ1n) is 6.63. The largest absolute Gasteiger partial charge is 0.375 e. The third-order valence-corrected chi connectivity index (χ3v) is 2.56. The third-order valence-electron chi connectivity index (χ3n) is 2.56. The van der Waals surface area contributed by atoms with Crippen molar-refractivity contribution in [2.75, 3.05) is 25.0 Å². The minimum atomic E-state index is 0.844. The number of benzene rings is 1. The summed E-state index contributed by atoms with van der Waals surface area (Å²) in [5.41, 5.74) is 7.78. The highest BCUT2D eigenvalue weighted by Gasteiger charge is 1.97. The molecule has 17 heavy (non-hydrogen) atoms. The highest BCUT2D eigenvalue weighted by atomic mass is 15.1. The molecule has 0 saturated carbocycles. The van der Waals surface area contributed by atoms with Crippen LogP contribution >= 0.6 is 0 Å². The van der Waals surface area contributed by atoms with Crippen LogP contribution in [0.15, 0.2) is 24.3 Å². The van der Waals surface area contributed by atoms with Crippen molar-refractivity contribution in [2.45, 2.75) is 40.0 Å². The van der Waals surface area contributed by atoms with Gasteiger partial charge < -0.3 is 10.6 Å². The van der Waals surface area contributed by atoms with Crippen molar-refractivity contribution in [3.8, 4) is 0 Å². The van der Waals surface area contributed by atoms with Crippen molar-refractivity contribution in [3.63, 3.8) is 0 Å². The Morgan fingerprint density at radius 3 is 2.29 bits per heavy atom. The molecule has 0 heterocycles. The van der Waals surface area contributed by atoms with Gasteiger partial charge in [-0.15, -0.1) is 0 Å². The highest BCUT2D eigenvalue weighted by Crippen LogP contribution is 2.13. The average molecular weight is 236 g/mol. The number of rotatable bonds is 5. The van der Waals surface area contributed by atoms with Gasteiger partial charge in [-0.05, 0) is 44.0 Å². The molecule has 0 unspecified atom stereocenters. The first kappa shape index (κ1) is 16.0. The number of nitrogens with two attached hydrogens (primary N) is 1. The van der Waals surface area contributed by atoms with Gasteiger partial charge in [0, 0.05) is 19.3 Å². The predicted molar refractivity (Wildman–Crippen MR) is 78.7 cm³/mol. The van der Waals surface area contributed by atoms with Gasteiger partial charge in [0.2, 0.25) is 0 Å². The lowest BCUT2D eigenvalue weighted by molar-refractivity contribution is 0.807. The van der Waals surface area contributed by atoms with Crippen LogP contribution in [0.25, 0.3) is 0 Å². The minimum Gasteiger partial charge on any atom is -0.375 e. The third kappa shape index (κ3) is 7.81. The summed E-state index contributed by atoms with van der Waals surface area (Å²) >= 11 is 0. The Bertz CT molecular complexity index is 282. The van der Waals surface area contributed by atoms with Crippen LogP contribution < -0.4 is 10.6 Å². The lowest BCUT2D eigenvalue weighted by Crippen LogP contribution is -2.17. The Labute approximate surface area is 107 Å². The Hall–Kier alpha value is -1.02. The summed E-state index contributed by atoms with van der Waals surface area (Å²) in [7, 11) is 2.14. The van der Waals surface area contributed by atoms with Crippen LogP contribution in [0.5, 0.6) is 0 Å². The van der Waals surface area contributed by atoms with Gasteiger partial charge in [0.05, 0.1) is 0 Å². The van der Waals surface area contributed by atoms with Gasteiger partial charge in [-0.1, -0.05) is 32.4 Å². The van der Waals surface area contributed by atoms with E-state index in [2.05, 4.69) is 57.0 Å². The van der Waals surface area contributed by atoms with E-state index in [0.29, 0.717) is 0 Å². The summed E-state index contributed by atoms with van der Waals surface area (Å²) in [5.74, 6) is 0. The number of anilines is 1. The molecule has 1 rings (SSSR count). The predicted octanol–water partition coefficient (Wildman–Crippen LogP) is 3.59. The highest BCUT2D eigenvalue weighted by molar-refractivity contribution is 5.47. The molecule has 1 aromatic rings. The van der Waals surface area contributed by atoms with Gasteiger partial charge in [-0.3, -0.25) is 0 Å². The first-order chi connectivity index (χ1) is 8.15. The Balaban J connectivity index is 0.000000437. The van der Waals surface area contributed by atoms with E-state index >= 15 is 0 Å². The molecule has 0 radical (unpaired) electrons. The lowest BCUT2D eigenvalue weighted by Gasteiger charge is -2.18. The Morgan fingerprint density at radius 2 is 1.88 bits per heavy atom. The zero-order chi connectivity index (χ0) is 13.1. The fourth-order valence-electron chi connectivity index (χ4n) is 1.53. The molecule has 0 aromatic heterocycles. The molecule has 1 aromatic carbocycles. The number of aryl methyl sites for hydroxylation is 1. The van der Waals surface area contributed by atoms with Crippen molar-refractivity contribution in [1.82, 2.24) is 0 Å². The Morgan fingerprint density at radius 1 is 1.18 bits per heavy atom. The van der Waals surface area contributed by atoms with E-state index in [9.17, 15) is 0 Å². The molecule has 0 amide bonds. The van der Waals surface area contributed by atoms with Crippen molar-refractivity contribution < 1.29 is 0 Å². The van der Waals surface area contributed by atoms with E-state index in [1.165, 1.54) is 30.5 Å². The molecule has 98 valence electrons. The zero-order valence-corrected chi connectivity index (χ0v) is 11.9. The van der Waals surface area contributed by atoms with Crippen LogP contribution in [-0.4, -0.2) is 20.1 Å². The molecule has 0 spiro atoms. The molecule has 0 aliphatic rings. The quantitative estimate of drug-likeness (QED) is 0.846. The summed E-state index contributed by atoms with van der Waals surface area (Å²) in [4.78, 5) is 2.28. The average Bonchev–Trinajstić information content (AvgIpc) is 2.31. The topological polar surface area (TPSA) is 29.3 Å². The van der Waals surface area contributed by atoms with E-state index in [1.807, 2.05) is 0 Å². The summed E-state index contributed by atoms with van der Waals surface area (Å²) in [6.45, 7) is 8.43. The second-order valence-corrected chi connectivity index (χ2v) is 4.40. The molecular formula is C15H28N2. The van der Waals surface area contributed by atoms with E-state index < -0.39 is 0 Å². The number of unbranched alkanes of at least 4 members (excludes halogenated alkanes) is 1. The van der Waals surface area contributed by atoms with Crippen LogP contribution in [-0.2, 0) is 0 Å². The summed E-state index contributed by atoms with van der Waals surface area (Å²) in [6.07, 6.45) is 3.58. The van der Waals surface area contributed by atoms with Crippen LogP contribution in [0.1, 0.15) is 38.7 Å². The molecule has 0 atom stereocenters. The molecule has 0 fully saturated rings. The smallest absolute Gasteiger partial charge is 0.0366 e. The Kier molecular flexibility index (Phi) is 9.55. The number of nitrogens with zero attached hydrogens (tertiary/aromatic N) is 1. The van der Waals surface area contributed by atoms with Gasteiger partial charge in [-0.2, -0.15) is 0 Å². The fourth-order valence-corrected chi connectivity index (χ4v) is 1.53. The van der Waals surface area contributed by atoms with E-state index in [4.69, 9.17) is 5.73 Å². The molecular weight excluding hydrogens is 208 g/mol. The van der Waals surface area contributed by atoms with E-state index in [1.54, 1.807) is 0 Å². The maximum atomic E-state index is 5.14. The molecule has 0 aliphatic heterocycles. The molecule has 2 heteroatoms. The number of hydrogen-bond donors (Lipinski definition) is 1. The maximum Gasteiger partial charge on any atom is 0.0366 e. The van der Waals surface area contributed by atoms with Gasteiger partial charge >= 0.3 is 0 Å². The monoisotopic (exact) mass is 236 g/mol. The summed E-state index contributed by atoms with van der Waals surface area (Å²) in [5, 5.41) is 0. The minimum absolute atomic E-state index is 0.844. The summed E-state index contributed by atoms with van der Waals surface area (Å²) < 4.78 is 0. The van der Waals surface area contributed by atoms with Crippen LogP contribution in [0.3, 0.4) is 0 Å². The van der Waals surface area contributed by atoms with Crippen LogP contribution in [0.4, 0.5) is 5.69 Å². The van der Waals surface area contributed by atoms with Crippen LogP contribution in [0.2, 0.25) is 0 Å². The van der Waals surface area contributed by atoms with Crippen molar-refractivity contribution in [1.29, 1.82) is 0 Å². The van der Waals surface area contributed by atoms with Crippen molar-refractivity contribution >= 4 is 5.69 Å². The second-order valence-electron chi connectivity index (χ2n) is 4.40. The molecule has 2 nitrogen and oxygen atoms in total.